The van der Waals surface area contributed by atoms with Crippen LogP contribution in [0.1, 0.15) is 44.2 Å². The molecule has 0 amide bonds. The molecule has 9 heteroatoms. The summed E-state index contributed by atoms with van der Waals surface area (Å²) in [6, 6.07) is 5.96. The van der Waals surface area contributed by atoms with E-state index in [1.165, 1.54) is 25.1 Å². The smallest absolute Gasteiger partial charge is 0.387 e. The van der Waals surface area contributed by atoms with Crippen LogP contribution in [0.15, 0.2) is 18.3 Å². The van der Waals surface area contributed by atoms with Crippen molar-refractivity contribution >= 4 is 11.8 Å². The number of hydrogen-bond donors (Lipinski definition) is 1. The number of aryl methyl sites for hydroxylation is 1. The van der Waals surface area contributed by atoms with E-state index in [1.807, 2.05) is 6.07 Å². The second kappa shape index (κ2) is 8.78. The predicted molar refractivity (Wildman–Crippen MR) is 108 cm³/mol. The molecule has 4 heterocycles. The van der Waals surface area contributed by atoms with Crippen LogP contribution in [0.5, 0.6) is 5.75 Å². The van der Waals surface area contributed by atoms with Crippen molar-refractivity contribution in [2.45, 2.75) is 57.6 Å². The molecule has 0 aromatic carbocycles. The first-order valence-corrected chi connectivity index (χ1v) is 10.3. The minimum Gasteiger partial charge on any atom is -0.431 e. The maximum atomic E-state index is 12.7. The van der Waals surface area contributed by atoms with Gasteiger partial charge in [-0.25, -0.2) is 15.0 Å². The third-order valence-corrected chi connectivity index (χ3v) is 5.75. The molecule has 7 nitrogen and oxygen atoms in total. The molecule has 2 N–H and O–H groups in total. The van der Waals surface area contributed by atoms with Crippen molar-refractivity contribution in [1.82, 2.24) is 15.0 Å². The lowest BCUT2D eigenvalue weighted by Crippen LogP contribution is -2.30. The average Bonchev–Trinajstić information content (AvgIpc) is 3.30. The summed E-state index contributed by atoms with van der Waals surface area (Å²) in [7, 11) is 0. The molecule has 3 fully saturated rings. The summed E-state index contributed by atoms with van der Waals surface area (Å²) < 4.78 is 29.9. The zero-order valence-electron chi connectivity index (χ0n) is 16.6. The number of nitriles is 1. The van der Waals surface area contributed by atoms with E-state index in [0.717, 1.165) is 37.9 Å². The van der Waals surface area contributed by atoms with Gasteiger partial charge in [0, 0.05) is 36.5 Å². The molecule has 1 aliphatic carbocycles. The molecule has 2 aromatic heterocycles. The fraction of sp³-hybridized carbons (Fsp3) is 0.524. The van der Waals surface area contributed by atoms with Gasteiger partial charge in [-0.05, 0) is 50.2 Å². The number of fused-ring (bicyclic) bond motifs is 1. The van der Waals surface area contributed by atoms with Crippen molar-refractivity contribution in [1.29, 1.82) is 5.26 Å². The molecular formula is C21H24F2N6O. The van der Waals surface area contributed by atoms with Gasteiger partial charge < -0.3 is 15.4 Å². The molecule has 5 rings (SSSR count). The van der Waals surface area contributed by atoms with E-state index in [2.05, 4.69) is 20.7 Å². The standard InChI is InChI=1S/C21H24F2N6O/c22-20(23)30-18-9-14(11-26-19(18)25)17-10-15(5-3-1-2-4-6-24)27-21(28-17)29-12-13-7-16(29)8-13/h9-11,13,16,20H,1-5,7-8,12H2,(H2,25,26). The number of nitrogens with two attached hydrogens (primary N) is 1. The Morgan fingerprint density at radius 2 is 2.07 bits per heavy atom. The lowest BCUT2D eigenvalue weighted by Gasteiger charge is -2.26. The zero-order chi connectivity index (χ0) is 21.1. The Bertz CT molecular complexity index is 942. The first-order valence-electron chi connectivity index (χ1n) is 10.3. The maximum absolute atomic E-state index is 12.7. The Hall–Kier alpha value is -3.02. The number of pyridine rings is 1. The minimum absolute atomic E-state index is 0.0913. The Labute approximate surface area is 173 Å². The largest absolute Gasteiger partial charge is 0.431 e. The lowest BCUT2D eigenvalue weighted by atomic mass is 9.86. The van der Waals surface area contributed by atoms with Crippen LogP contribution in [-0.4, -0.2) is 34.2 Å². The van der Waals surface area contributed by atoms with Crippen molar-refractivity contribution < 1.29 is 13.5 Å². The lowest BCUT2D eigenvalue weighted by molar-refractivity contribution is -0.0494. The van der Waals surface area contributed by atoms with E-state index in [1.54, 1.807) is 0 Å². The zero-order valence-corrected chi connectivity index (χ0v) is 16.6. The molecule has 0 atom stereocenters. The third-order valence-electron chi connectivity index (χ3n) is 5.75. The van der Waals surface area contributed by atoms with Gasteiger partial charge >= 0.3 is 6.61 Å². The highest BCUT2D eigenvalue weighted by Gasteiger charge is 2.44. The summed E-state index contributed by atoms with van der Waals surface area (Å²) in [6.45, 7) is -2.03. The Kier molecular flexibility index (Phi) is 5.93. The molecular weight excluding hydrogens is 390 g/mol. The highest BCUT2D eigenvalue weighted by molar-refractivity contribution is 5.65. The topological polar surface area (TPSA) is 101 Å². The van der Waals surface area contributed by atoms with E-state index in [0.29, 0.717) is 35.6 Å². The summed E-state index contributed by atoms with van der Waals surface area (Å²) in [6.07, 6.45) is 7.92. The molecule has 2 bridgehead atoms. The SMILES string of the molecule is N#CCCCCCc1cc(-c2cnc(N)c(OC(F)F)c2)nc(N2CC3CC2C3)n1. The number of anilines is 2. The fourth-order valence-electron chi connectivity index (χ4n) is 4.14. The van der Waals surface area contributed by atoms with Crippen molar-refractivity contribution in [2.75, 3.05) is 17.2 Å². The summed E-state index contributed by atoms with van der Waals surface area (Å²) in [4.78, 5) is 15.7. The first-order chi connectivity index (χ1) is 14.5. The number of halogens is 2. The number of nitrogens with zero attached hydrogens (tertiary/aromatic N) is 5. The van der Waals surface area contributed by atoms with Crippen molar-refractivity contribution in [3.63, 3.8) is 0 Å². The molecule has 3 aliphatic rings. The van der Waals surface area contributed by atoms with Gasteiger partial charge in [-0.3, -0.25) is 0 Å². The van der Waals surface area contributed by atoms with Crippen LogP contribution in [0, 0.1) is 17.2 Å². The Balaban J connectivity index is 1.61. The molecule has 158 valence electrons. The molecule has 0 spiro atoms. The average molecular weight is 414 g/mol. The van der Waals surface area contributed by atoms with Gasteiger partial charge in [0.25, 0.3) is 0 Å². The molecule has 1 saturated carbocycles. The van der Waals surface area contributed by atoms with Crippen molar-refractivity contribution in [3.05, 3.63) is 24.0 Å². The summed E-state index contributed by atoms with van der Waals surface area (Å²) in [5, 5.41) is 8.68. The highest BCUT2D eigenvalue weighted by atomic mass is 19.3. The maximum Gasteiger partial charge on any atom is 0.387 e. The fourth-order valence-corrected chi connectivity index (χ4v) is 4.14. The third kappa shape index (κ3) is 4.42. The van der Waals surface area contributed by atoms with E-state index < -0.39 is 6.61 Å². The molecule has 2 saturated heterocycles. The number of ether oxygens (including phenoxy) is 1. The van der Waals surface area contributed by atoms with Crippen LogP contribution < -0.4 is 15.4 Å². The van der Waals surface area contributed by atoms with Gasteiger partial charge in [0.1, 0.15) is 0 Å². The summed E-state index contributed by atoms with van der Waals surface area (Å²) in [5.41, 5.74) is 7.73. The van der Waals surface area contributed by atoms with Gasteiger partial charge in [0.05, 0.1) is 11.8 Å². The van der Waals surface area contributed by atoms with Gasteiger partial charge in [0.2, 0.25) is 5.95 Å². The number of alkyl halides is 2. The number of nitrogen functional groups attached to an aromatic ring is 1. The highest BCUT2D eigenvalue weighted by Crippen LogP contribution is 2.42. The molecule has 2 aromatic rings. The number of aromatic nitrogens is 3. The molecule has 0 radical (unpaired) electrons. The summed E-state index contributed by atoms with van der Waals surface area (Å²) in [5.74, 6) is 1.13. The second-order valence-electron chi connectivity index (χ2n) is 7.89. The normalized spacial score (nSPS) is 19.6. The quantitative estimate of drug-likeness (QED) is 0.620. The predicted octanol–water partition coefficient (Wildman–Crippen LogP) is 3.95. The van der Waals surface area contributed by atoms with Gasteiger partial charge in [0.15, 0.2) is 11.6 Å². The number of hydrogen-bond acceptors (Lipinski definition) is 7. The summed E-state index contributed by atoms with van der Waals surface area (Å²) >= 11 is 0. The van der Waals surface area contributed by atoms with Gasteiger partial charge in [-0.15, -0.1) is 0 Å². The van der Waals surface area contributed by atoms with Crippen LogP contribution in [0.3, 0.4) is 0 Å². The van der Waals surface area contributed by atoms with E-state index in [4.69, 9.17) is 21.0 Å². The van der Waals surface area contributed by atoms with E-state index in [9.17, 15) is 8.78 Å². The van der Waals surface area contributed by atoms with Crippen LogP contribution in [0.25, 0.3) is 11.3 Å². The Morgan fingerprint density at radius 1 is 1.23 bits per heavy atom. The number of rotatable bonds is 9. The van der Waals surface area contributed by atoms with E-state index in [-0.39, 0.29) is 11.6 Å². The van der Waals surface area contributed by atoms with Crippen LogP contribution in [0.2, 0.25) is 0 Å². The number of unbranched alkanes of at least 4 members (excludes halogenated alkanes) is 3. The Morgan fingerprint density at radius 3 is 2.77 bits per heavy atom. The van der Waals surface area contributed by atoms with Crippen molar-refractivity contribution in [2.24, 2.45) is 5.92 Å². The monoisotopic (exact) mass is 414 g/mol. The van der Waals surface area contributed by atoms with E-state index >= 15 is 0 Å². The van der Waals surface area contributed by atoms with Gasteiger partial charge in [-0.2, -0.15) is 14.0 Å². The van der Waals surface area contributed by atoms with Crippen LogP contribution in [-0.2, 0) is 6.42 Å². The van der Waals surface area contributed by atoms with Crippen LogP contribution >= 0.6 is 0 Å². The molecule has 2 aliphatic heterocycles. The van der Waals surface area contributed by atoms with Gasteiger partial charge in [-0.1, -0.05) is 6.42 Å². The molecule has 30 heavy (non-hydrogen) atoms. The van der Waals surface area contributed by atoms with Crippen molar-refractivity contribution in [3.8, 4) is 23.1 Å². The molecule has 0 unspecified atom stereocenters. The second-order valence-corrected chi connectivity index (χ2v) is 7.89. The first kappa shape index (κ1) is 20.3. The van der Waals surface area contributed by atoms with Crippen LogP contribution in [0.4, 0.5) is 20.5 Å². The minimum atomic E-state index is -2.98.